The molecule has 0 spiro atoms. The van der Waals surface area contributed by atoms with Gasteiger partial charge in [-0.15, -0.1) is 12.6 Å². The monoisotopic (exact) mass is 373 g/mol. The van der Waals surface area contributed by atoms with Gasteiger partial charge >= 0.3 is 0 Å². The minimum atomic E-state index is -0.253. The molecule has 0 bridgehead atoms. The van der Waals surface area contributed by atoms with Crippen molar-refractivity contribution < 1.29 is 14.2 Å². The van der Waals surface area contributed by atoms with Gasteiger partial charge in [0.25, 0.3) is 0 Å². The summed E-state index contributed by atoms with van der Waals surface area (Å²) in [5.74, 6) is 1.76. The van der Waals surface area contributed by atoms with E-state index in [1.165, 1.54) is 0 Å². The van der Waals surface area contributed by atoms with Crippen LogP contribution in [-0.2, 0) is 6.42 Å². The van der Waals surface area contributed by atoms with Crippen molar-refractivity contribution in [1.82, 2.24) is 0 Å². The van der Waals surface area contributed by atoms with Gasteiger partial charge in [-0.05, 0) is 54.7 Å². The second-order valence-corrected chi connectivity index (χ2v) is 6.63. The summed E-state index contributed by atoms with van der Waals surface area (Å²) in [6, 6.07) is 6.89. The van der Waals surface area contributed by atoms with Gasteiger partial charge in [0.05, 0.1) is 25.7 Å². The molecule has 0 radical (unpaired) electrons. The van der Waals surface area contributed by atoms with Gasteiger partial charge in [0.2, 0.25) is 5.75 Å². The van der Waals surface area contributed by atoms with E-state index in [-0.39, 0.29) is 11.5 Å². The topological polar surface area (TPSA) is 70.8 Å². The van der Waals surface area contributed by atoms with Crippen molar-refractivity contribution in [2.75, 3.05) is 20.8 Å². The maximum atomic E-state index is 12.3. The molecule has 1 aliphatic rings. The van der Waals surface area contributed by atoms with Crippen LogP contribution in [0.2, 0.25) is 0 Å². The molecule has 138 valence electrons. The highest BCUT2D eigenvalue weighted by molar-refractivity contribution is 7.80. The summed E-state index contributed by atoms with van der Waals surface area (Å²) in [5.41, 5.74) is 9.84. The van der Waals surface area contributed by atoms with Crippen LogP contribution in [0.5, 0.6) is 17.2 Å². The average molecular weight is 373 g/mol. The molecule has 0 unspecified atom stereocenters. The highest BCUT2D eigenvalue weighted by Crippen LogP contribution is 2.49. The molecule has 2 aromatic rings. The minimum absolute atomic E-state index is 0.148. The fraction of sp³-hybridized carbons (Fsp3) is 0.350. The van der Waals surface area contributed by atoms with E-state index in [1.54, 1.807) is 26.4 Å². The summed E-state index contributed by atoms with van der Waals surface area (Å²) in [4.78, 5) is 12.6. The molecule has 2 aromatic carbocycles. The van der Waals surface area contributed by atoms with Crippen molar-refractivity contribution >= 4 is 12.6 Å². The van der Waals surface area contributed by atoms with Crippen LogP contribution in [0.15, 0.2) is 34.0 Å². The van der Waals surface area contributed by atoms with E-state index in [9.17, 15) is 4.79 Å². The number of thiol groups is 1. The molecule has 0 fully saturated rings. The predicted molar refractivity (Wildman–Crippen MR) is 105 cm³/mol. The summed E-state index contributed by atoms with van der Waals surface area (Å²) in [7, 11) is 3.19. The van der Waals surface area contributed by atoms with Crippen LogP contribution in [0.4, 0.5) is 0 Å². The zero-order valence-electron chi connectivity index (χ0n) is 15.2. The molecular weight excluding hydrogens is 350 g/mol. The maximum Gasteiger partial charge on any atom is 0.203 e. The smallest absolute Gasteiger partial charge is 0.203 e. The zero-order chi connectivity index (χ0) is 18.8. The second-order valence-electron chi connectivity index (χ2n) is 6.15. The predicted octanol–water partition coefficient (Wildman–Crippen LogP) is 3.36. The third-order valence-corrected chi connectivity index (χ3v) is 5.01. The number of hydrogen-bond acceptors (Lipinski definition) is 6. The number of hydrogen-bond donors (Lipinski definition) is 2. The number of fused-ring (bicyclic) bond motifs is 3. The first-order valence-corrected chi connectivity index (χ1v) is 9.00. The van der Waals surface area contributed by atoms with Crippen LogP contribution >= 0.6 is 12.6 Å². The maximum absolute atomic E-state index is 12.3. The first-order chi connectivity index (χ1) is 12.5. The van der Waals surface area contributed by atoms with E-state index in [1.807, 2.05) is 19.1 Å². The molecule has 26 heavy (non-hydrogen) atoms. The van der Waals surface area contributed by atoms with Gasteiger partial charge in [0.15, 0.2) is 16.9 Å². The third kappa shape index (κ3) is 3.15. The van der Waals surface area contributed by atoms with E-state index in [0.717, 1.165) is 28.7 Å². The molecule has 0 aromatic heterocycles. The Kier molecular flexibility index (Phi) is 5.44. The molecule has 0 saturated carbocycles. The first kappa shape index (κ1) is 18.6. The molecule has 5 nitrogen and oxygen atoms in total. The van der Waals surface area contributed by atoms with Gasteiger partial charge in [-0.3, -0.25) is 4.79 Å². The van der Waals surface area contributed by atoms with Gasteiger partial charge in [-0.2, -0.15) is 0 Å². The largest absolute Gasteiger partial charge is 0.492 e. The molecule has 1 aliphatic carbocycles. The number of aryl methyl sites for hydroxylation is 1. The number of rotatable bonds is 4. The fourth-order valence-electron chi connectivity index (χ4n) is 3.44. The van der Waals surface area contributed by atoms with Gasteiger partial charge < -0.3 is 19.9 Å². The van der Waals surface area contributed by atoms with Gasteiger partial charge in [-0.25, -0.2) is 0 Å². The van der Waals surface area contributed by atoms with Crippen LogP contribution in [0.25, 0.3) is 11.1 Å². The Morgan fingerprint density at radius 3 is 2.58 bits per heavy atom. The van der Waals surface area contributed by atoms with Crippen molar-refractivity contribution in [3.05, 3.63) is 45.6 Å². The Balaban J connectivity index is 2.41. The molecule has 0 amide bonds. The molecule has 3 rings (SSSR count). The van der Waals surface area contributed by atoms with Gasteiger partial charge in [0, 0.05) is 11.6 Å². The van der Waals surface area contributed by atoms with Crippen LogP contribution in [0, 0.1) is 0 Å². The van der Waals surface area contributed by atoms with E-state index in [2.05, 4.69) is 12.6 Å². The van der Waals surface area contributed by atoms with E-state index >= 15 is 0 Å². The molecule has 0 heterocycles. The van der Waals surface area contributed by atoms with Crippen LogP contribution in [-0.4, -0.2) is 20.8 Å². The van der Waals surface area contributed by atoms with Crippen LogP contribution < -0.4 is 25.4 Å². The fourth-order valence-corrected chi connectivity index (χ4v) is 3.58. The lowest BCUT2D eigenvalue weighted by Crippen LogP contribution is -2.12. The Labute approximate surface area is 158 Å². The zero-order valence-corrected chi connectivity index (χ0v) is 16.1. The standard InChI is InChI=1S/C20H23NO4S/c1-4-25-16-9-11-5-7-14(21)13-10-15(22)17(26)8-6-12(13)18(11)20(24-3)19(16)23-2/h6,8-10,14H,4-5,7,21H2,1-3H3,(H,22,26)/t14-/m0/s1. The third-order valence-electron chi connectivity index (χ3n) is 4.64. The van der Waals surface area contributed by atoms with Crippen molar-refractivity contribution in [1.29, 1.82) is 0 Å². The summed E-state index contributed by atoms with van der Waals surface area (Å²) in [6.07, 6.45) is 1.46. The first-order valence-electron chi connectivity index (χ1n) is 8.55. The highest BCUT2D eigenvalue weighted by Gasteiger charge is 2.27. The van der Waals surface area contributed by atoms with Crippen LogP contribution in [0.3, 0.4) is 0 Å². The van der Waals surface area contributed by atoms with Crippen molar-refractivity contribution in [2.24, 2.45) is 5.73 Å². The lowest BCUT2D eigenvalue weighted by molar-refractivity contribution is 0.296. The van der Waals surface area contributed by atoms with Crippen molar-refractivity contribution in [2.45, 2.75) is 30.7 Å². The molecule has 6 heteroatoms. The van der Waals surface area contributed by atoms with Gasteiger partial charge in [-0.1, -0.05) is 6.07 Å². The highest BCUT2D eigenvalue weighted by atomic mass is 32.1. The summed E-state index contributed by atoms with van der Waals surface area (Å²) in [6.45, 7) is 2.44. The quantitative estimate of drug-likeness (QED) is 0.804. The number of methoxy groups -OCH3 is 2. The van der Waals surface area contributed by atoms with Gasteiger partial charge in [0.1, 0.15) is 0 Å². The Morgan fingerprint density at radius 1 is 1.19 bits per heavy atom. The Morgan fingerprint density at radius 2 is 1.92 bits per heavy atom. The van der Waals surface area contributed by atoms with Crippen molar-refractivity contribution in [3.63, 3.8) is 0 Å². The minimum Gasteiger partial charge on any atom is -0.492 e. The van der Waals surface area contributed by atoms with Crippen molar-refractivity contribution in [3.8, 4) is 28.4 Å². The molecular formula is C20H23NO4S. The van der Waals surface area contributed by atoms with Crippen LogP contribution in [0.1, 0.15) is 30.5 Å². The summed E-state index contributed by atoms with van der Waals surface area (Å²) < 4.78 is 17.0. The molecule has 2 N–H and O–H groups in total. The summed E-state index contributed by atoms with van der Waals surface area (Å²) >= 11 is 4.27. The molecule has 1 atom stereocenters. The normalized spacial score (nSPS) is 15.5. The molecule has 0 saturated heterocycles. The number of benzene rings is 1. The summed E-state index contributed by atoms with van der Waals surface area (Å²) in [5, 5.41) is 0. The number of ether oxygens (including phenoxy) is 3. The number of nitrogens with two attached hydrogens (primary N) is 1. The average Bonchev–Trinajstić information content (AvgIpc) is 2.85. The van der Waals surface area contributed by atoms with E-state index < -0.39 is 0 Å². The Hall–Kier alpha value is -2.18. The lowest BCUT2D eigenvalue weighted by atomic mass is 9.95. The second kappa shape index (κ2) is 7.60. The SMILES string of the molecule is CCOc1cc2c(c(OC)c1OC)-c1ccc(S)c(=O)cc1[C@@H](N)CC2. The van der Waals surface area contributed by atoms with E-state index in [4.69, 9.17) is 19.9 Å². The molecule has 0 aliphatic heterocycles. The Bertz CT molecular complexity index is 898. The van der Waals surface area contributed by atoms with E-state index in [0.29, 0.717) is 35.2 Å². The lowest BCUT2D eigenvalue weighted by Gasteiger charge is -2.19.